The van der Waals surface area contributed by atoms with Gasteiger partial charge < -0.3 is 27.9 Å². The normalized spacial score (nSPS) is 14.2. The van der Waals surface area contributed by atoms with Gasteiger partial charge in [-0.15, -0.1) is 0 Å². The Morgan fingerprint density at radius 3 is 1.67 bits per heavy atom. The molecule has 0 saturated heterocycles. The van der Waals surface area contributed by atoms with Crippen LogP contribution in [0.15, 0.2) is 36.5 Å². The molecule has 10 heteroatoms. The van der Waals surface area contributed by atoms with E-state index in [2.05, 4.69) is 50.3 Å². The van der Waals surface area contributed by atoms with Crippen molar-refractivity contribution in [1.82, 2.24) is 0 Å². The minimum absolute atomic E-state index is 0.0365. The average Bonchev–Trinajstić information content (AvgIpc) is 3.04. The molecule has 0 aromatic carbocycles. The van der Waals surface area contributed by atoms with Crippen molar-refractivity contribution in [1.29, 1.82) is 0 Å². The molecule has 0 bridgehead atoms. The van der Waals surface area contributed by atoms with E-state index < -0.39 is 32.5 Å². The first-order chi connectivity index (χ1) is 23.5. The number of likely N-dealkylation sites (N-methyl/N-ethyl adjacent to an activating group) is 1. The maximum Gasteiger partial charge on any atom is 0.306 e. The maximum atomic E-state index is 12.6. The van der Waals surface area contributed by atoms with Gasteiger partial charge in [-0.1, -0.05) is 121 Å². The van der Waals surface area contributed by atoms with Crippen molar-refractivity contribution in [2.24, 2.45) is 0 Å². The predicted molar refractivity (Wildman–Crippen MR) is 199 cm³/mol. The first kappa shape index (κ1) is 47.2. The number of ether oxygens (including phenoxy) is 2. The van der Waals surface area contributed by atoms with Crippen molar-refractivity contribution in [2.75, 3.05) is 47.5 Å². The van der Waals surface area contributed by atoms with E-state index in [1.165, 1.54) is 57.8 Å². The average molecular weight is 714 g/mol. The molecule has 9 nitrogen and oxygen atoms in total. The van der Waals surface area contributed by atoms with E-state index in [4.69, 9.17) is 18.5 Å². The minimum Gasteiger partial charge on any atom is -0.756 e. The quantitative estimate of drug-likeness (QED) is 0.0213. The monoisotopic (exact) mass is 713 g/mol. The van der Waals surface area contributed by atoms with Gasteiger partial charge in [0.2, 0.25) is 0 Å². The Balaban J connectivity index is 4.49. The number of phosphoric acid groups is 1. The van der Waals surface area contributed by atoms with Gasteiger partial charge in [0, 0.05) is 12.8 Å². The lowest BCUT2D eigenvalue weighted by molar-refractivity contribution is -0.870. The zero-order chi connectivity index (χ0) is 36.5. The highest BCUT2D eigenvalue weighted by atomic mass is 31.2. The van der Waals surface area contributed by atoms with Crippen LogP contribution in [0, 0.1) is 0 Å². The first-order valence-corrected chi connectivity index (χ1v) is 20.7. The second kappa shape index (κ2) is 32.2. The fraction of sp³-hybridized carbons (Fsp3) is 0.795. The molecule has 1 unspecified atom stereocenters. The highest BCUT2D eigenvalue weighted by Crippen LogP contribution is 2.38. The van der Waals surface area contributed by atoms with Crippen molar-refractivity contribution in [3.63, 3.8) is 0 Å². The van der Waals surface area contributed by atoms with Crippen LogP contribution in [0.1, 0.15) is 149 Å². The minimum atomic E-state index is -4.62. The molecule has 0 saturated carbocycles. The number of rotatable bonds is 34. The number of hydrogen-bond acceptors (Lipinski definition) is 8. The van der Waals surface area contributed by atoms with Gasteiger partial charge in [-0.25, -0.2) is 0 Å². The van der Waals surface area contributed by atoms with E-state index in [-0.39, 0.29) is 26.1 Å². The summed E-state index contributed by atoms with van der Waals surface area (Å²) in [6.45, 7) is 4.11. The van der Waals surface area contributed by atoms with E-state index in [0.29, 0.717) is 23.9 Å². The van der Waals surface area contributed by atoms with Crippen LogP contribution >= 0.6 is 7.82 Å². The van der Waals surface area contributed by atoms with E-state index in [9.17, 15) is 19.0 Å². The smallest absolute Gasteiger partial charge is 0.306 e. The molecule has 0 aromatic rings. The van der Waals surface area contributed by atoms with Crippen LogP contribution in [0.2, 0.25) is 0 Å². The molecule has 49 heavy (non-hydrogen) atoms. The summed E-state index contributed by atoms with van der Waals surface area (Å²) in [5, 5.41) is 0. The van der Waals surface area contributed by atoms with Crippen molar-refractivity contribution >= 4 is 19.8 Å². The molecule has 0 N–H and O–H groups in total. The molecule has 0 spiro atoms. The van der Waals surface area contributed by atoms with Gasteiger partial charge in [0.25, 0.3) is 7.82 Å². The summed E-state index contributed by atoms with van der Waals surface area (Å²) in [5.41, 5.74) is 0. The van der Waals surface area contributed by atoms with Crippen LogP contribution in [-0.4, -0.2) is 70.0 Å². The fourth-order valence-electron chi connectivity index (χ4n) is 4.84. The van der Waals surface area contributed by atoms with Crippen LogP contribution < -0.4 is 4.89 Å². The fourth-order valence-corrected chi connectivity index (χ4v) is 5.56. The molecule has 0 heterocycles. The second-order valence-corrected chi connectivity index (χ2v) is 15.4. The third kappa shape index (κ3) is 35.8. The molecule has 0 radical (unpaired) electrons. The van der Waals surface area contributed by atoms with Gasteiger partial charge in [-0.2, -0.15) is 0 Å². The molecule has 0 aliphatic rings. The molecular weight excluding hydrogens is 641 g/mol. The molecule has 0 aromatic heterocycles. The number of phosphoric ester groups is 1. The number of hydrogen-bond donors (Lipinski definition) is 0. The highest BCUT2D eigenvalue weighted by Gasteiger charge is 2.21. The van der Waals surface area contributed by atoms with Gasteiger partial charge >= 0.3 is 11.9 Å². The summed E-state index contributed by atoms with van der Waals surface area (Å²) in [4.78, 5) is 37.3. The summed E-state index contributed by atoms with van der Waals surface area (Å²) >= 11 is 0. The lowest BCUT2D eigenvalue weighted by Crippen LogP contribution is -2.37. The molecule has 0 rings (SSSR count). The first-order valence-electron chi connectivity index (χ1n) is 19.2. The lowest BCUT2D eigenvalue weighted by Gasteiger charge is -2.28. The third-order valence-corrected chi connectivity index (χ3v) is 8.88. The largest absolute Gasteiger partial charge is 0.756 e. The molecule has 286 valence electrons. The van der Waals surface area contributed by atoms with E-state index in [1.807, 2.05) is 21.1 Å². The summed E-state index contributed by atoms with van der Waals surface area (Å²) in [6.07, 6.45) is 33.2. The lowest BCUT2D eigenvalue weighted by atomic mass is 10.1. The number of carbonyl (C=O) groups is 2. The van der Waals surface area contributed by atoms with Crippen LogP contribution in [0.3, 0.4) is 0 Å². The molecule has 0 aliphatic carbocycles. The second-order valence-electron chi connectivity index (χ2n) is 13.9. The number of quaternary nitrogens is 1. The van der Waals surface area contributed by atoms with Gasteiger partial charge in [0.15, 0.2) is 6.10 Å². The SMILES string of the molecule is CCCCC/C=C\C/C=C\C/C=C\CCCCC(=O)OC[C@H](COP(=O)([O-])OCC[N+](C)(C)C)OC(=O)CCCCCCCCCCCC. The predicted octanol–water partition coefficient (Wildman–Crippen LogP) is 9.55. The van der Waals surface area contributed by atoms with Crippen molar-refractivity contribution in [3.05, 3.63) is 36.5 Å². The highest BCUT2D eigenvalue weighted by molar-refractivity contribution is 7.45. The molecule has 0 fully saturated rings. The standard InChI is InChI=1S/C39H72NO8P/c1-6-8-10-12-14-16-18-19-20-21-22-24-25-27-29-31-38(41)45-35-37(36-47-49(43,44)46-34-33-40(3,4)5)48-39(42)32-30-28-26-23-17-15-13-11-9-7-2/h14,16,19-20,22,24,37H,6-13,15,17-18,21,23,25-36H2,1-5H3/b16-14-,20-19-,24-22-/t37-/m1/s1. The molecule has 2 atom stereocenters. The number of carbonyl (C=O) groups excluding carboxylic acids is 2. The van der Waals surface area contributed by atoms with Crippen molar-refractivity contribution in [3.8, 4) is 0 Å². The van der Waals surface area contributed by atoms with E-state index in [0.717, 1.165) is 51.4 Å². The molecular formula is C39H72NO8P. The van der Waals surface area contributed by atoms with Gasteiger partial charge in [-0.05, 0) is 51.4 Å². The van der Waals surface area contributed by atoms with Gasteiger partial charge in [-0.3, -0.25) is 14.2 Å². The van der Waals surface area contributed by atoms with Crippen LogP contribution in [0.25, 0.3) is 0 Å². The maximum absolute atomic E-state index is 12.6. The van der Waals surface area contributed by atoms with Crippen molar-refractivity contribution in [2.45, 2.75) is 155 Å². The summed E-state index contributed by atoms with van der Waals surface area (Å²) in [7, 11) is 1.14. The topological polar surface area (TPSA) is 111 Å². The Hall–Kier alpha value is -1.77. The van der Waals surface area contributed by atoms with E-state index >= 15 is 0 Å². The number of esters is 2. The number of nitrogens with zero attached hydrogens (tertiary/aromatic N) is 1. The Labute approximate surface area is 300 Å². The Kier molecular flexibility index (Phi) is 31.0. The zero-order valence-electron chi connectivity index (χ0n) is 31.9. The third-order valence-electron chi connectivity index (χ3n) is 7.91. The van der Waals surface area contributed by atoms with E-state index in [1.54, 1.807) is 0 Å². The Morgan fingerprint density at radius 1 is 0.633 bits per heavy atom. The number of unbranched alkanes of at least 4 members (excludes halogenated alkanes) is 14. The summed E-state index contributed by atoms with van der Waals surface area (Å²) in [6, 6.07) is 0. The van der Waals surface area contributed by atoms with Crippen LogP contribution in [0.4, 0.5) is 0 Å². The van der Waals surface area contributed by atoms with Crippen LogP contribution in [-0.2, 0) is 32.7 Å². The summed E-state index contributed by atoms with van der Waals surface area (Å²) in [5.74, 6) is -0.883. The van der Waals surface area contributed by atoms with Crippen LogP contribution in [0.5, 0.6) is 0 Å². The van der Waals surface area contributed by atoms with Gasteiger partial charge in [0.05, 0.1) is 27.7 Å². The number of allylic oxidation sites excluding steroid dienone is 6. The Bertz CT molecular complexity index is 944. The summed E-state index contributed by atoms with van der Waals surface area (Å²) < 4.78 is 33.7. The molecule has 0 amide bonds. The van der Waals surface area contributed by atoms with Crippen molar-refractivity contribution < 1.29 is 42.1 Å². The zero-order valence-corrected chi connectivity index (χ0v) is 32.8. The Morgan fingerprint density at radius 2 is 1.10 bits per heavy atom. The molecule has 0 aliphatic heterocycles. The van der Waals surface area contributed by atoms with Gasteiger partial charge in [0.1, 0.15) is 19.8 Å².